The zero-order valence-electron chi connectivity index (χ0n) is 16.4. The van der Waals surface area contributed by atoms with E-state index >= 15 is 0 Å². The Kier molecular flexibility index (Phi) is 6.36. The molecule has 2 fully saturated rings. The molecule has 0 bridgehead atoms. The van der Waals surface area contributed by atoms with E-state index in [-0.39, 0.29) is 0 Å². The van der Waals surface area contributed by atoms with E-state index in [2.05, 4.69) is 34.1 Å². The van der Waals surface area contributed by atoms with E-state index in [4.69, 9.17) is 0 Å². The summed E-state index contributed by atoms with van der Waals surface area (Å²) in [6.07, 6.45) is 5.96. The highest BCUT2D eigenvalue weighted by atomic mass is 16.3. The minimum absolute atomic E-state index is 0.351. The number of rotatable bonds is 7. The van der Waals surface area contributed by atoms with Crippen molar-refractivity contribution in [1.82, 2.24) is 9.80 Å². The molecule has 2 aliphatic heterocycles. The van der Waals surface area contributed by atoms with Crippen LogP contribution in [0, 0.1) is 5.92 Å². The van der Waals surface area contributed by atoms with Crippen LogP contribution in [-0.4, -0.2) is 52.6 Å². The molecule has 0 spiro atoms. The first-order valence-electron chi connectivity index (χ1n) is 10.2. The largest absolute Gasteiger partial charge is 0.390 e. The molecule has 0 saturated carbocycles. The minimum Gasteiger partial charge on any atom is -0.390 e. The maximum atomic E-state index is 11.9. The van der Waals surface area contributed by atoms with Crippen molar-refractivity contribution >= 4 is 5.91 Å². The fourth-order valence-corrected chi connectivity index (χ4v) is 4.17. The Morgan fingerprint density at radius 3 is 2.50 bits per heavy atom. The summed E-state index contributed by atoms with van der Waals surface area (Å²) in [7, 11) is 0. The van der Waals surface area contributed by atoms with Crippen LogP contribution in [0.1, 0.15) is 57.1 Å². The first-order valence-corrected chi connectivity index (χ1v) is 10.2. The van der Waals surface area contributed by atoms with Crippen molar-refractivity contribution in [1.29, 1.82) is 0 Å². The molecule has 0 aliphatic carbocycles. The van der Waals surface area contributed by atoms with Crippen LogP contribution in [0.15, 0.2) is 24.3 Å². The third-order valence-corrected chi connectivity index (χ3v) is 5.71. The Balaban J connectivity index is 1.48. The Hall–Kier alpha value is -1.39. The molecule has 3 rings (SSSR count). The molecule has 1 amide bonds. The van der Waals surface area contributed by atoms with Crippen LogP contribution in [-0.2, 0) is 17.8 Å². The average Bonchev–Trinajstić information content (AvgIpc) is 2.99. The highest BCUT2D eigenvalue weighted by molar-refractivity contribution is 5.78. The second kappa shape index (κ2) is 8.53. The lowest BCUT2D eigenvalue weighted by Crippen LogP contribution is -2.41. The maximum Gasteiger partial charge on any atom is 0.222 e. The minimum atomic E-state index is -0.599. The van der Waals surface area contributed by atoms with Crippen molar-refractivity contribution in [3.05, 3.63) is 35.4 Å². The zero-order valence-corrected chi connectivity index (χ0v) is 16.4. The van der Waals surface area contributed by atoms with Crippen molar-refractivity contribution in [2.24, 2.45) is 5.92 Å². The van der Waals surface area contributed by atoms with E-state index in [1.54, 1.807) is 0 Å². The van der Waals surface area contributed by atoms with E-state index in [9.17, 15) is 9.90 Å². The number of aliphatic hydroxyl groups is 1. The van der Waals surface area contributed by atoms with Crippen LogP contribution < -0.4 is 0 Å². The Bertz CT molecular complexity index is 591. The zero-order chi connectivity index (χ0) is 18.6. The van der Waals surface area contributed by atoms with E-state index in [1.165, 1.54) is 24.0 Å². The molecule has 2 aliphatic rings. The second-order valence-electron chi connectivity index (χ2n) is 8.82. The van der Waals surface area contributed by atoms with Crippen LogP contribution in [0.2, 0.25) is 0 Å². The van der Waals surface area contributed by atoms with Crippen molar-refractivity contribution in [2.75, 3.05) is 26.2 Å². The molecule has 0 radical (unpaired) electrons. The van der Waals surface area contributed by atoms with E-state index < -0.39 is 5.60 Å². The summed E-state index contributed by atoms with van der Waals surface area (Å²) in [6.45, 7) is 8.89. The molecular weight excluding hydrogens is 324 g/mol. The lowest BCUT2D eigenvalue weighted by Gasteiger charge is -2.34. The van der Waals surface area contributed by atoms with Crippen LogP contribution in [0.3, 0.4) is 0 Å². The molecule has 0 unspecified atom stereocenters. The molecule has 1 aromatic rings. The molecule has 1 aromatic carbocycles. The number of carbonyl (C=O) groups is 1. The van der Waals surface area contributed by atoms with Gasteiger partial charge >= 0.3 is 0 Å². The molecule has 1 atom stereocenters. The summed E-state index contributed by atoms with van der Waals surface area (Å²) in [5.74, 6) is 0.973. The molecule has 2 saturated heterocycles. The summed E-state index contributed by atoms with van der Waals surface area (Å²) in [4.78, 5) is 16.5. The number of piperidine rings is 1. The van der Waals surface area contributed by atoms with Gasteiger partial charge in [0.2, 0.25) is 5.91 Å². The lowest BCUT2D eigenvalue weighted by molar-refractivity contribution is -0.128. The number of carbonyl (C=O) groups excluding carboxylic acids is 1. The first-order chi connectivity index (χ1) is 12.4. The van der Waals surface area contributed by atoms with Crippen molar-refractivity contribution in [2.45, 2.75) is 64.5 Å². The fourth-order valence-electron chi connectivity index (χ4n) is 4.17. The average molecular weight is 359 g/mol. The quantitative estimate of drug-likeness (QED) is 0.814. The summed E-state index contributed by atoms with van der Waals surface area (Å²) < 4.78 is 0. The first kappa shape index (κ1) is 19.4. The highest BCUT2D eigenvalue weighted by Crippen LogP contribution is 2.22. The molecule has 4 nitrogen and oxygen atoms in total. The topological polar surface area (TPSA) is 43.8 Å². The lowest BCUT2D eigenvalue weighted by atomic mass is 9.96. The number of aryl methyl sites for hydroxylation is 1. The number of hydrogen-bond acceptors (Lipinski definition) is 3. The van der Waals surface area contributed by atoms with Gasteiger partial charge in [-0.2, -0.15) is 0 Å². The number of benzene rings is 1. The normalized spacial score (nSPS) is 22.2. The Labute approximate surface area is 158 Å². The number of hydrogen-bond donors (Lipinski definition) is 1. The smallest absolute Gasteiger partial charge is 0.222 e. The number of nitrogens with zero attached hydrogens (tertiary/aromatic N) is 2. The van der Waals surface area contributed by atoms with Gasteiger partial charge in [0.05, 0.1) is 5.60 Å². The summed E-state index contributed by atoms with van der Waals surface area (Å²) in [5, 5.41) is 9.86. The molecule has 26 heavy (non-hydrogen) atoms. The van der Waals surface area contributed by atoms with E-state index in [0.717, 1.165) is 58.4 Å². The molecule has 1 N–H and O–H groups in total. The summed E-state index contributed by atoms with van der Waals surface area (Å²) in [6, 6.07) is 8.86. The molecule has 0 aromatic heterocycles. The van der Waals surface area contributed by atoms with Gasteiger partial charge in [-0.25, -0.2) is 0 Å². The summed E-state index contributed by atoms with van der Waals surface area (Å²) >= 11 is 0. The van der Waals surface area contributed by atoms with Crippen LogP contribution >= 0.6 is 0 Å². The van der Waals surface area contributed by atoms with Crippen molar-refractivity contribution in [3.8, 4) is 0 Å². The van der Waals surface area contributed by atoms with E-state index in [1.807, 2.05) is 13.8 Å². The number of likely N-dealkylation sites (tertiary alicyclic amines) is 2. The maximum absolute atomic E-state index is 11.9. The fraction of sp³-hybridized carbons (Fsp3) is 0.682. The van der Waals surface area contributed by atoms with Gasteiger partial charge in [0, 0.05) is 32.6 Å². The highest BCUT2D eigenvalue weighted by Gasteiger charge is 2.26. The third-order valence-electron chi connectivity index (χ3n) is 5.71. The van der Waals surface area contributed by atoms with Gasteiger partial charge in [-0.05, 0) is 69.5 Å². The van der Waals surface area contributed by atoms with Gasteiger partial charge in [0.1, 0.15) is 0 Å². The van der Waals surface area contributed by atoms with E-state index in [0.29, 0.717) is 11.8 Å². The molecule has 2 heterocycles. The predicted molar refractivity (Wildman–Crippen MR) is 105 cm³/mol. The van der Waals surface area contributed by atoms with Crippen molar-refractivity contribution < 1.29 is 9.90 Å². The van der Waals surface area contributed by atoms with Crippen LogP contribution in [0.4, 0.5) is 0 Å². The Morgan fingerprint density at radius 2 is 1.85 bits per heavy atom. The van der Waals surface area contributed by atoms with Gasteiger partial charge in [-0.3, -0.25) is 9.69 Å². The Morgan fingerprint density at radius 1 is 1.12 bits per heavy atom. The molecular formula is C22H34N2O2. The molecule has 144 valence electrons. The summed E-state index contributed by atoms with van der Waals surface area (Å²) in [5.41, 5.74) is 2.05. The monoisotopic (exact) mass is 358 g/mol. The van der Waals surface area contributed by atoms with Gasteiger partial charge in [0.15, 0.2) is 0 Å². The van der Waals surface area contributed by atoms with Crippen molar-refractivity contribution in [3.63, 3.8) is 0 Å². The standard InChI is InChI=1S/C22H34N2O2/c1-22(2,26)12-11-18-7-9-19(10-8-18)15-23-13-3-5-20(16-23)17-24-14-4-6-21(24)25/h7-10,20,26H,3-6,11-17H2,1-2H3/t20-/m0/s1. The van der Waals surface area contributed by atoms with Crippen LogP contribution in [0.25, 0.3) is 0 Å². The SMILES string of the molecule is CC(C)(O)CCc1ccc(CN2CCC[C@H](CN3CCCC3=O)C2)cc1. The molecule has 4 heteroatoms. The second-order valence-corrected chi connectivity index (χ2v) is 8.82. The van der Waals surface area contributed by atoms with Crippen LogP contribution in [0.5, 0.6) is 0 Å². The van der Waals surface area contributed by atoms with Gasteiger partial charge in [0.25, 0.3) is 0 Å². The number of amides is 1. The van der Waals surface area contributed by atoms with Gasteiger partial charge in [-0.1, -0.05) is 24.3 Å². The van der Waals surface area contributed by atoms with Gasteiger partial charge < -0.3 is 10.0 Å². The predicted octanol–water partition coefficient (Wildman–Crippen LogP) is 3.22. The van der Waals surface area contributed by atoms with Gasteiger partial charge in [-0.15, -0.1) is 0 Å². The third kappa shape index (κ3) is 5.82.